The average Bonchev–Trinajstić information content (AvgIpc) is 3.26. The average molecular weight is 426 g/mol. The smallest absolute Gasteiger partial charge is 0.340 e. The molecule has 7 nitrogen and oxygen atoms in total. The number of fused-ring (bicyclic) bond motifs is 1. The van der Waals surface area contributed by atoms with Crippen molar-refractivity contribution < 1.29 is 14.3 Å². The molecule has 0 radical (unpaired) electrons. The molecule has 0 amide bonds. The van der Waals surface area contributed by atoms with E-state index >= 15 is 0 Å². The molecule has 0 fully saturated rings. The summed E-state index contributed by atoms with van der Waals surface area (Å²) in [6.45, 7) is -0.363. The SMILES string of the molecule is CN(C)c1ccc(N=Nc2ccccc2C(=O)OCC(=O)c2c[nH]c3ccccc23)cc1. The lowest BCUT2D eigenvalue weighted by molar-refractivity contribution is 0.0476. The van der Waals surface area contributed by atoms with Gasteiger partial charge in [-0.2, -0.15) is 5.11 Å². The van der Waals surface area contributed by atoms with Crippen molar-refractivity contribution >= 4 is 39.7 Å². The number of para-hydroxylation sites is 1. The fourth-order valence-corrected chi connectivity index (χ4v) is 3.25. The van der Waals surface area contributed by atoms with E-state index in [2.05, 4.69) is 15.2 Å². The van der Waals surface area contributed by atoms with E-state index < -0.39 is 5.97 Å². The molecule has 1 aromatic heterocycles. The predicted molar refractivity (Wildman–Crippen MR) is 124 cm³/mol. The summed E-state index contributed by atoms with van der Waals surface area (Å²) in [5, 5.41) is 9.22. The Hall–Kier alpha value is -4.26. The standard InChI is InChI=1S/C25H22N4O3/c1-29(2)18-13-11-17(12-14-18)27-28-23-10-6-4-8-20(23)25(31)32-16-24(30)21-15-26-22-9-5-3-7-19(21)22/h3-15,26H,16H2,1-2H3. The van der Waals surface area contributed by atoms with Crippen LogP contribution in [0.4, 0.5) is 17.1 Å². The van der Waals surface area contributed by atoms with Crippen molar-refractivity contribution in [1.29, 1.82) is 0 Å². The van der Waals surface area contributed by atoms with Gasteiger partial charge >= 0.3 is 5.97 Å². The van der Waals surface area contributed by atoms with Crippen LogP contribution in [0.3, 0.4) is 0 Å². The minimum Gasteiger partial charge on any atom is -0.454 e. The summed E-state index contributed by atoms with van der Waals surface area (Å²) in [6.07, 6.45) is 1.63. The summed E-state index contributed by atoms with van der Waals surface area (Å²) in [5.41, 5.74) is 3.66. The molecule has 4 rings (SSSR count). The van der Waals surface area contributed by atoms with Crippen LogP contribution in [0.15, 0.2) is 89.2 Å². The maximum absolute atomic E-state index is 12.6. The first kappa shape index (κ1) is 21.0. The maximum atomic E-state index is 12.6. The number of anilines is 1. The number of carbonyl (C=O) groups excluding carboxylic acids is 2. The minimum absolute atomic E-state index is 0.243. The van der Waals surface area contributed by atoms with Crippen LogP contribution in [-0.4, -0.2) is 37.4 Å². The van der Waals surface area contributed by atoms with E-state index in [1.54, 1.807) is 30.5 Å². The molecule has 0 spiro atoms. The molecule has 1 heterocycles. The van der Waals surface area contributed by atoms with Gasteiger partial charge in [0.25, 0.3) is 0 Å². The van der Waals surface area contributed by atoms with E-state index in [4.69, 9.17) is 4.74 Å². The molecule has 0 saturated carbocycles. The van der Waals surface area contributed by atoms with Crippen molar-refractivity contribution in [3.05, 3.63) is 90.1 Å². The molecule has 3 aromatic carbocycles. The van der Waals surface area contributed by atoms with Crippen LogP contribution in [0.1, 0.15) is 20.7 Å². The fraction of sp³-hybridized carbons (Fsp3) is 0.120. The first-order valence-corrected chi connectivity index (χ1v) is 10.1. The highest BCUT2D eigenvalue weighted by molar-refractivity contribution is 6.09. The number of hydrogen-bond acceptors (Lipinski definition) is 6. The van der Waals surface area contributed by atoms with Gasteiger partial charge in [0, 0.05) is 42.4 Å². The predicted octanol–water partition coefficient (Wildman–Crippen LogP) is 5.69. The van der Waals surface area contributed by atoms with Gasteiger partial charge in [0.1, 0.15) is 5.69 Å². The molecule has 1 N–H and O–H groups in total. The van der Waals surface area contributed by atoms with Crippen LogP contribution >= 0.6 is 0 Å². The maximum Gasteiger partial charge on any atom is 0.340 e. The number of azo groups is 1. The number of rotatable bonds is 7. The highest BCUT2D eigenvalue weighted by atomic mass is 16.5. The van der Waals surface area contributed by atoms with Gasteiger partial charge in [-0.05, 0) is 42.5 Å². The third-order valence-corrected chi connectivity index (χ3v) is 4.99. The van der Waals surface area contributed by atoms with Crippen molar-refractivity contribution in [2.75, 3.05) is 25.6 Å². The van der Waals surface area contributed by atoms with E-state index in [0.29, 0.717) is 16.9 Å². The second-order valence-electron chi connectivity index (χ2n) is 7.38. The first-order valence-electron chi connectivity index (χ1n) is 10.1. The van der Waals surface area contributed by atoms with Gasteiger partial charge in [0.2, 0.25) is 5.78 Å². The summed E-state index contributed by atoms with van der Waals surface area (Å²) in [4.78, 5) is 30.3. The minimum atomic E-state index is -0.629. The fourth-order valence-electron chi connectivity index (χ4n) is 3.25. The van der Waals surface area contributed by atoms with Crippen LogP contribution in [0, 0.1) is 0 Å². The zero-order valence-electron chi connectivity index (χ0n) is 17.8. The summed E-state index contributed by atoms with van der Waals surface area (Å²) < 4.78 is 5.29. The number of ether oxygens (including phenoxy) is 1. The number of hydrogen-bond donors (Lipinski definition) is 1. The Bertz CT molecular complexity index is 1290. The number of nitrogens with one attached hydrogen (secondary N) is 1. The lowest BCUT2D eigenvalue weighted by Crippen LogP contribution is -2.14. The number of carbonyl (C=O) groups is 2. The highest BCUT2D eigenvalue weighted by Crippen LogP contribution is 2.25. The number of H-pyrrole nitrogens is 1. The normalized spacial score (nSPS) is 11.1. The van der Waals surface area contributed by atoms with Crippen LogP contribution in [0.25, 0.3) is 10.9 Å². The summed E-state index contributed by atoms with van der Waals surface area (Å²) >= 11 is 0. The number of aromatic amines is 1. The van der Waals surface area contributed by atoms with Gasteiger partial charge in [0.15, 0.2) is 6.61 Å². The van der Waals surface area contributed by atoms with Gasteiger partial charge in [0.05, 0.1) is 11.3 Å². The number of benzene rings is 3. The van der Waals surface area contributed by atoms with Crippen LogP contribution in [-0.2, 0) is 4.74 Å². The van der Waals surface area contributed by atoms with Crippen LogP contribution < -0.4 is 4.90 Å². The number of nitrogens with zero attached hydrogens (tertiary/aromatic N) is 3. The molecule has 0 saturated heterocycles. The molecule has 0 aliphatic rings. The van der Waals surface area contributed by atoms with Crippen molar-refractivity contribution in [2.45, 2.75) is 0 Å². The monoisotopic (exact) mass is 426 g/mol. The van der Waals surface area contributed by atoms with Crippen molar-refractivity contribution in [1.82, 2.24) is 4.98 Å². The highest BCUT2D eigenvalue weighted by Gasteiger charge is 2.17. The zero-order valence-corrected chi connectivity index (χ0v) is 17.8. The molecular formula is C25H22N4O3. The molecule has 0 unspecified atom stereocenters. The number of aromatic nitrogens is 1. The van der Waals surface area contributed by atoms with E-state index in [9.17, 15) is 9.59 Å². The second kappa shape index (κ2) is 9.26. The van der Waals surface area contributed by atoms with Gasteiger partial charge < -0.3 is 14.6 Å². The lowest BCUT2D eigenvalue weighted by Gasteiger charge is -2.11. The van der Waals surface area contributed by atoms with E-state index in [1.807, 2.05) is 67.5 Å². The Balaban J connectivity index is 1.46. The Morgan fingerprint density at radius 3 is 2.38 bits per heavy atom. The zero-order chi connectivity index (χ0) is 22.5. The van der Waals surface area contributed by atoms with Crippen LogP contribution in [0.5, 0.6) is 0 Å². The van der Waals surface area contributed by atoms with E-state index in [1.165, 1.54) is 0 Å². The van der Waals surface area contributed by atoms with Crippen molar-refractivity contribution in [3.8, 4) is 0 Å². The topological polar surface area (TPSA) is 87.1 Å². The molecule has 4 aromatic rings. The van der Waals surface area contributed by atoms with Crippen molar-refractivity contribution in [2.24, 2.45) is 10.2 Å². The van der Waals surface area contributed by atoms with E-state index in [0.717, 1.165) is 16.6 Å². The Labute approximate surface area is 185 Å². The lowest BCUT2D eigenvalue weighted by atomic mass is 10.1. The third kappa shape index (κ3) is 4.57. The Morgan fingerprint density at radius 2 is 1.59 bits per heavy atom. The Morgan fingerprint density at radius 1 is 0.875 bits per heavy atom. The summed E-state index contributed by atoms with van der Waals surface area (Å²) in [5.74, 6) is -0.911. The molecular weight excluding hydrogens is 404 g/mol. The molecule has 7 heteroatoms. The molecule has 0 aliphatic carbocycles. The molecule has 160 valence electrons. The van der Waals surface area contributed by atoms with Gasteiger partial charge in [-0.3, -0.25) is 4.79 Å². The summed E-state index contributed by atoms with van der Waals surface area (Å²) in [6, 6.07) is 21.8. The molecule has 0 atom stereocenters. The quantitative estimate of drug-likeness (QED) is 0.234. The van der Waals surface area contributed by atoms with Gasteiger partial charge in [-0.15, -0.1) is 5.11 Å². The first-order chi connectivity index (χ1) is 15.5. The second-order valence-corrected chi connectivity index (χ2v) is 7.38. The van der Waals surface area contributed by atoms with Gasteiger partial charge in [-0.1, -0.05) is 30.3 Å². The number of esters is 1. The number of Topliss-reactive ketones (excluding diaryl/α,β-unsaturated/α-hetero) is 1. The summed E-state index contributed by atoms with van der Waals surface area (Å²) in [7, 11) is 3.92. The van der Waals surface area contributed by atoms with Gasteiger partial charge in [-0.25, -0.2) is 4.79 Å². The molecule has 32 heavy (non-hydrogen) atoms. The van der Waals surface area contributed by atoms with E-state index in [-0.39, 0.29) is 18.0 Å². The Kier molecular flexibility index (Phi) is 6.07. The number of ketones is 1. The van der Waals surface area contributed by atoms with Crippen LogP contribution in [0.2, 0.25) is 0 Å². The largest absolute Gasteiger partial charge is 0.454 e. The van der Waals surface area contributed by atoms with Crippen molar-refractivity contribution in [3.63, 3.8) is 0 Å². The third-order valence-electron chi connectivity index (χ3n) is 4.99. The molecule has 0 bridgehead atoms. The molecule has 0 aliphatic heterocycles.